The Kier molecular flexibility index (Phi) is 5.82. The first-order valence-electron chi connectivity index (χ1n) is 11.0. The van der Waals surface area contributed by atoms with Crippen molar-refractivity contribution in [1.82, 2.24) is 20.2 Å². The highest BCUT2D eigenvalue weighted by Crippen LogP contribution is 2.17. The minimum absolute atomic E-state index is 0.122. The standard InChI is InChI=1S/C25H26N6/c1-4-10-21(11-5-1)20-31-25(26-27-28-31)24(22-12-6-2-7-13-22)30-18-16-29(17-19-30)23-14-8-3-9-15-23/h1-15,24H,16-20H2/p+2/t24-/m1/s1. The van der Waals surface area contributed by atoms with E-state index in [4.69, 9.17) is 0 Å². The first-order chi connectivity index (χ1) is 15.4. The lowest BCUT2D eigenvalue weighted by atomic mass is 10.0. The molecular weight excluding hydrogens is 384 g/mol. The predicted molar refractivity (Wildman–Crippen MR) is 119 cm³/mol. The molecule has 31 heavy (non-hydrogen) atoms. The van der Waals surface area contributed by atoms with Crippen LogP contribution in [0, 0.1) is 0 Å². The highest BCUT2D eigenvalue weighted by molar-refractivity contribution is 5.28. The summed E-state index contributed by atoms with van der Waals surface area (Å²) in [5.74, 6) is 0.938. The average molecular weight is 413 g/mol. The molecule has 0 radical (unpaired) electrons. The van der Waals surface area contributed by atoms with E-state index >= 15 is 0 Å². The van der Waals surface area contributed by atoms with Gasteiger partial charge in [-0.05, 0) is 28.1 Å². The zero-order valence-corrected chi connectivity index (χ0v) is 17.6. The van der Waals surface area contributed by atoms with E-state index in [1.54, 1.807) is 4.90 Å². The van der Waals surface area contributed by atoms with Gasteiger partial charge in [0.1, 0.15) is 31.9 Å². The van der Waals surface area contributed by atoms with Crippen molar-refractivity contribution in [1.29, 1.82) is 0 Å². The molecule has 0 bridgehead atoms. The summed E-state index contributed by atoms with van der Waals surface area (Å²) < 4.78 is 1.97. The molecule has 0 aliphatic carbocycles. The lowest BCUT2D eigenvalue weighted by Gasteiger charge is -2.34. The van der Waals surface area contributed by atoms with Gasteiger partial charge in [0.25, 0.3) is 0 Å². The van der Waals surface area contributed by atoms with Crippen LogP contribution in [-0.2, 0) is 6.54 Å². The number of quaternary nitrogens is 2. The van der Waals surface area contributed by atoms with Crippen molar-refractivity contribution in [2.45, 2.75) is 12.6 Å². The molecule has 0 amide bonds. The maximum absolute atomic E-state index is 4.52. The number of aromatic nitrogens is 4. The number of hydrogen-bond acceptors (Lipinski definition) is 3. The van der Waals surface area contributed by atoms with Crippen LogP contribution in [0.3, 0.4) is 0 Å². The minimum Gasteiger partial charge on any atom is -0.313 e. The molecule has 1 saturated heterocycles. The Morgan fingerprint density at radius 1 is 0.742 bits per heavy atom. The van der Waals surface area contributed by atoms with Gasteiger partial charge in [0.2, 0.25) is 5.82 Å². The summed E-state index contributed by atoms with van der Waals surface area (Å²) in [6.45, 7) is 5.02. The van der Waals surface area contributed by atoms with Gasteiger partial charge in [0.15, 0.2) is 6.04 Å². The van der Waals surface area contributed by atoms with Crippen molar-refractivity contribution in [2.75, 3.05) is 26.2 Å². The Morgan fingerprint density at radius 3 is 2.03 bits per heavy atom. The van der Waals surface area contributed by atoms with Crippen LogP contribution in [0.15, 0.2) is 91.0 Å². The first kappa shape index (κ1) is 19.6. The van der Waals surface area contributed by atoms with Gasteiger partial charge in [-0.15, -0.1) is 5.10 Å². The predicted octanol–water partition coefficient (Wildman–Crippen LogP) is 0.926. The molecule has 0 unspecified atom stereocenters. The molecule has 1 fully saturated rings. The Balaban J connectivity index is 1.41. The molecule has 6 heteroatoms. The maximum atomic E-state index is 4.52. The number of nitrogens with one attached hydrogen (secondary N) is 2. The molecule has 156 valence electrons. The zero-order chi connectivity index (χ0) is 20.9. The van der Waals surface area contributed by atoms with E-state index in [0.29, 0.717) is 6.54 Å². The van der Waals surface area contributed by atoms with E-state index in [-0.39, 0.29) is 6.04 Å². The Bertz CT molecular complexity index is 1070. The third kappa shape index (κ3) is 4.40. The van der Waals surface area contributed by atoms with Crippen molar-refractivity contribution >= 4 is 5.69 Å². The van der Waals surface area contributed by atoms with E-state index in [0.717, 1.165) is 32.0 Å². The summed E-state index contributed by atoms with van der Waals surface area (Å²) in [6.07, 6.45) is 0. The number of nitrogens with zero attached hydrogens (tertiary/aromatic N) is 4. The first-order valence-corrected chi connectivity index (χ1v) is 11.0. The maximum Gasteiger partial charge on any atom is 0.214 e. The van der Waals surface area contributed by atoms with E-state index < -0.39 is 0 Å². The van der Waals surface area contributed by atoms with Crippen molar-refractivity contribution in [3.63, 3.8) is 0 Å². The molecule has 0 saturated carbocycles. The van der Waals surface area contributed by atoms with Crippen molar-refractivity contribution < 1.29 is 9.80 Å². The molecule has 1 atom stereocenters. The van der Waals surface area contributed by atoms with Crippen LogP contribution < -0.4 is 9.80 Å². The lowest BCUT2D eigenvalue weighted by Crippen LogP contribution is -3.26. The molecule has 6 nitrogen and oxygen atoms in total. The fourth-order valence-corrected chi connectivity index (χ4v) is 4.62. The number of para-hydroxylation sites is 1. The number of benzene rings is 3. The monoisotopic (exact) mass is 412 g/mol. The van der Waals surface area contributed by atoms with Gasteiger partial charge in [-0.3, -0.25) is 4.90 Å². The molecule has 0 spiro atoms. The number of rotatable bonds is 6. The highest BCUT2D eigenvalue weighted by atomic mass is 15.6. The molecular formula is C25H28N6+2. The van der Waals surface area contributed by atoms with Crippen LogP contribution in [-0.4, -0.2) is 46.4 Å². The van der Waals surface area contributed by atoms with Gasteiger partial charge in [0.05, 0.1) is 6.54 Å². The van der Waals surface area contributed by atoms with Gasteiger partial charge in [0, 0.05) is 5.56 Å². The normalized spacial score (nSPS) is 19.7. The van der Waals surface area contributed by atoms with Crippen molar-refractivity contribution in [2.24, 2.45) is 0 Å². The largest absolute Gasteiger partial charge is 0.313 e. The van der Waals surface area contributed by atoms with Crippen molar-refractivity contribution in [3.8, 4) is 0 Å². The number of piperazine rings is 1. The molecule has 1 aliphatic rings. The van der Waals surface area contributed by atoms with E-state index in [2.05, 4.69) is 100 Å². The van der Waals surface area contributed by atoms with E-state index in [1.165, 1.54) is 21.7 Å². The fourth-order valence-electron chi connectivity index (χ4n) is 4.62. The molecule has 5 rings (SSSR count). The quantitative estimate of drug-likeness (QED) is 0.495. The van der Waals surface area contributed by atoms with Gasteiger partial charge >= 0.3 is 0 Å². The summed E-state index contributed by atoms with van der Waals surface area (Å²) in [6, 6.07) is 32.0. The van der Waals surface area contributed by atoms with E-state index in [9.17, 15) is 0 Å². The minimum atomic E-state index is 0.122. The number of hydrogen-bond donors (Lipinski definition) is 2. The number of tetrazole rings is 1. The van der Waals surface area contributed by atoms with Gasteiger partial charge in [-0.25, -0.2) is 4.68 Å². The van der Waals surface area contributed by atoms with Crippen LogP contribution in [0.2, 0.25) is 0 Å². The summed E-state index contributed by atoms with van der Waals surface area (Å²) in [5, 5.41) is 12.9. The summed E-state index contributed by atoms with van der Waals surface area (Å²) in [5.41, 5.74) is 3.85. The van der Waals surface area contributed by atoms with Crippen LogP contribution in [0.5, 0.6) is 0 Å². The Hall–Kier alpha value is -3.35. The molecule has 4 aromatic rings. The highest BCUT2D eigenvalue weighted by Gasteiger charge is 2.35. The SMILES string of the molecule is c1ccc(Cn2nnnc2[C@@H](c2ccccc2)[NH+]2CC[NH+](c3ccccc3)CC2)cc1. The van der Waals surface area contributed by atoms with Crippen LogP contribution >= 0.6 is 0 Å². The second-order valence-electron chi connectivity index (χ2n) is 8.15. The average Bonchev–Trinajstić information content (AvgIpc) is 3.29. The van der Waals surface area contributed by atoms with Gasteiger partial charge in [-0.2, -0.15) is 0 Å². The Labute approximate surface area is 182 Å². The van der Waals surface area contributed by atoms with Crippen LogP contribution in [0.4, 0.5) is 5.69 Å². The van der Waals surface area contributed by atoms with Crippen LogP contribution in [0.25, 0.3) is 0 Å². The molecule has 3 aromatic carbocycles. The second kappa shape index (κ2) is 9.20. The van der Waals surface area contributed by atoms with Gasteiger partial charge < -0.3 is 4.90 Å². The van der Waals surface area contributed by atoms with E-state index in [1.807, 2.05) is 10.7 Å². The summed E-state index contributed by atoms with van der Waals surface area (Å²) >= 11 is 0. The van der Waals surface area contributed by atoms with Gasteiger partial charge in [-0.1, -0.05) is 78.9 Å². The zero-order valence-electron chi connectivity index (χ0n) is 17.6. The Morgan fingerprint density at radius 2 is 1.35 bits per heavy atom. The molecule has 1 aromatic heterocycles. The molecule has 2 heterocycles. The molecule has 1 aliphatic heterocycles. The topological polar surface area (TPSA) is 52.5 Å². The molecule has 2 N–H and O–H groups in total. The smallest absolute Gasteiger partial charge is 0.214 e. The summed E-state index contributed by atoms with van der Waals surface area (Å²) in [7, 11) is 0. The summed E-state index contributed by atoms with van der Waals surface area (Å²) in [4.78, 5) is 3.08. The lowest BCUT2D eigenvalue weighted by molar-refractivity contribution is -1.00. The van der Waals surface area contributed by atoms with Crippen LogP contribution in [0.1, 0.15) is 23.0 Å². The third-order valence-electron chi connectivity index (χ3n) is 6.21. The third-order valence-corrected chi connectivity index (χ3v) is 6.21. The van der Waals surface area contributed by atoms with Crippen molar-refractivity contribution in [3.05, 3.63) is 108 Å². The second-order valence-corrected chi connectivity index (χ2v) is 8.15. The fraction of sp³-hybridized carbons (Fsp3) is 0.240.